The number of methoxy groups -OCH3 is 1. The normalized spacial score (nSPS) is 20.0. The number of benzene rings is 1. The molecule has 0 radical (unpaired) electrons. The van der Waals surface area contributed by atoms with Gasteiger partial charge in [0, 0.05) is 0 Å². The predicted molar refractivity (Wildman–Crippen MR) is 70.9 cm³/mol. The minimum atomic E-state index is 0.456. The summed E-state index contributed by atoms with van der Waals surface area (Å²) in [6, 6.07) is 4.59. The first-order valence-electron chi connectivity index (χ1n) is 5.96. The fourth-order valence-corrected chi connectivity index (χ4v) is 3.53. The summed E-state index contributed by atoms with van der Waals surface area (Å²) in [4.78, 5) is 4.77. The number of nitrogens with one attached hydrogen (secondary N) is 1. The highest BCUT2D eigenvalue weighted by atomic mass is 32.1. The summed E-state index contributed by atoms with van der Waals surface area (Å²) < 4.78 is 6.53. The number of aromatic nitrogens is 1. The van der Waals surface area contributed by atoms with E-state index in [1.165, 1.54) is 28.1 Å². The van der Waals surface area contributed by atoms with Crippen LogP contribution in [-0.2, 0) is 0 Å². The first-order valence-corrected chi connectivity index (χ1v) is 6.78. The lowest BCUT2D eigenvalue weighted by Gasteiger charge is -2.03. The molecule has 0 aliphatic carbocycles. The molecule has 4 heteroatoms. The molecule has 1 aliphatic rings. The monoisotopic (exact) mass is 248 g/mol. The highest BCUT2D eigenvalue weighted by molar-refractivity contribution is 7.18. The minimum Gasteiger partial charge on any atom is -0.497 e. The third-order valence-corrected chi connectivity index (χ3v) is 4.39. The third-order valence-electron chi connectivity index (χ3n) is 3.27. The van der Waals surface area contributed by atoms with Gasteiger partial charge in [-0.3, -0.25) is 0 Å². The first-order chi connectivity index (χ1) is 8.28. The van der Waals surface area contributed by atoms with E-state index in [-0.39, 0.29) is 0 Å². The molecule has 0 saturated carbocycles. The van der Waals surface area contributed by atoms with Gasteiger partial charge in [-0.1, -0.05) is 0 Å². The van der Waals surface area contributed by atoms with Crippen LogP contribution in [0.25, 0.3) is 10.2 Å². The summed E-state index contributed by atoms with van der Waals surface area (Å²) in [5.41, 5.74) is 2.32. The summed E-state index contributed by atoms with van der Waals surface area (Å²) in [6.07, 6.45) is 2.46. The van der Waals surface area contributed by atoms with Crippen LogP contribution in [0.2, 0.25) is 0 Å². The SMILES string of the molecule is COc1cc(C)c2nc(C3CCCN3)sc2c1. The lowest BCUT2D eigenvalue weighted by Crippen LogP contribution is -2.12. The Morgan fingerprint density at radius 2 is 2.35 bits per heavy atom. The fourth-order valence-electron chi connectivity index (χ4n) is 2.34. The van der Waals surface area contributed by atoms with Crippen molar-refractivity contribution in [1.29, 1.82) is 0 Å². The summed E-state index contributed by atoms with van der Waals surface area (Å²) >= 11 is 1.78. The van der Waals surface area contributed by atoms with Crippen molar-refractivity contribution in [1.82, 2.24) is 10.3 Å². The van der Waals surface area contributed by atoms with Crippen LogP contribution < -0.4 is 10.1 Å². The Labute approximate surface area is 105 Å². The molecule has 1 N–H and O–H groups in total. The van der Waals surface area contributed by atoms with Gasteiger partial charge < -0.3 is 10.1 Å². The van der Waals surface area contributed by atoms with E-state index in [0.717, 1.165) is 17.8 Å². The number of nitrogens with zero attached hydrogens (tertiary/aromatic N) is 1. The van der Waals surface area contributed by atoms with E-state index in [1.54, 1.807) is 18.4 Å². The summed E-state index contributed by atoms with van der Waals surface area (Å²) in [5.74, 6) is 0.921. The highest BCUT2D eigenvalue weighted by Gasteiger charge is 2.20. The average Bonchev–Trinajstić information content (AvgIpc) is 2.96. The molecule has 1 aliphatic heterocycles. The van der Waals surface area contributed by atoms with E-state index >= 15 is 0 Å². The third kappa shape index (κ3) is 1.91. The van der Waals surface area contributed by atoms with E-state index in [2.05, 4.69) is 18.3 Å². The number of thiazole rings is 1. The number of hydrogen-bond acceptors (Lipinski definition) is 4. The Hall–Kier alpha value is -1.13. The van der Waals surface area contributed by atoms with E-state index < -0.39 is 0 Å². The quantitative estimate of drug-likeness (QED) is 0.887. The second-order valence-corrected chi connectivity index (χ2v) is 5.55. The Balaban J connectivity index is 2.08. The standard InChI is InChI=1S/C13H16N2OS/c1-8-6-9(16-2)7-11-12(8)15-13(17-11)10-4-3-5-14-10/h6-7,10,14H,3-5H2,1-2H3. The van der Waals surface area contributed by atoms with Crippen molar-refractivity contribution in [3.05, 3.63) is 22.7 Å². The molecule has 1 aromatic heterocycles. The zero-order chi connectivity index (χ0) is 11.8. The molecule has 0 spiro atoms. The lowest BCUT2D eigenvalue weighted by atomic mass is 10.2. The van der Waals surface area contributed by atoms with Gasteiger partial charge in [0.05, 0.1) is 23.4 Å². The zero-order valence-electron chi connectivity index (χ0n) is 10.1. The van der Waals surface area contributed by atoms with E-state index in [4.69, 9.17) is 9.72 Å². The van der Waals surface area contributed by atoms with Crippen LogP contribution in [0.5, 0.6) is 5.75 Å². The van der Waals surface area contributed by atoms with Crippen molar-refractivity contribution in [2.24, 2.45) is 0 Å². The Bertz CT molecular complexity index is 544. The fraction of sp³-hybridized carbons (Fsp3) is 0.462. The molecule has 0 amide bonds. The molecule has 17 heavy (non-hydrogen) atoms. The Kier molecular flexibility index (Phi) is 2.76. The van der Waals surface area contributed by atoms with Gasteiger partial charge in [-0.25, -0.2) is 4.98 Å². The van der Waals surface area contributed by atoms with Crippen LogP contribution in [-0.4, -0.2) is 18.6 Å². The number of fused-ring (bicyclic) bond motifs is 1. The molecule has 1 atom stereocenters. The van der Waals surface area contributed by atoms with Crippen LogP contribution >= 0.6 is 11.3 Å². The van der Waals surface area contributed by atoms with Crippen molar-refractivity contribution >= 4 is 21.6 Å². The summed E-state index contributed by atoms with van der Waals surface area (Å²) in [7, 11) is 1.71. The van der Waals surface area contributed by atoms with Gasteiger partial charge in [0.1, 0.15) is 10.8 Å². The maximum absolute atomic E-state index is 5.30. The van der Waals surface area contributed by atoms with Gasteiger partial charge in [-0.05, 0) is 44.0 Å². The van der Waals surface area contributed by atoms with Crippen molar-refractivity contribution < 1.29 is 4.74 Å². The van der Waals surface area contributed by atoms with Crippen molar-refractivity contribution in [2.75, 3.05) is 13.7 Å². The number of rotatable bonds is 2. The molecule has 1 saturated heterocycles. The second-order valence-electron chi connectivity index (χ2n) is 4.49. The topological polar surface area (TPSA) is 34.1 Å². The lowest BCUT2D eigenvalue weighted by molar-refractivity contribution is 0.415. The molecule has 90 valence electrons. The Morgan fingerprint density at radius 1 is 1.47 bits per heavy atom. The number of aryl methyl sites for hydroxylation is 1. The Morgan fingerprint density at radius 3 is 3.06 bits per heavy atom. The molecule has 3 rings (SSSR count). The smallest absolute Gasteiger partial charge is 0.120 e. The molecular formula is C13H16N2OS. The molecule has 0 bridgehead atoms. The van der Waals surface area contributed by atoms with E-state index in [0.29, 0.717) is 6.04 Å². The maximum atomic E-state index is 5.30. The molecule has 2 aromatic rings. The van der Waals surface area contributed by atoms with Crippen LogP contribution in [0, 0.1) is 6.92 Å². The maximum Gasteiger partial charge on any atom is 0.120 e. The van der Waals surface area contributed by atoms with Crippen LogP contribution in [0.3, 0.4) is 0 Å². The molecule has 1 aromatic carbocycles. The second kappa shape index (κ2) is 4.27. The average molecular weight is 248 g/mol. The van der Waals surface area contributed by atoms with Crippen molar-refractivity contribution in [3.8, 4) is 5.75 Å². The molecule has 1 unspecified atom stereocenters. The highest BCUT2D eigenvalue weighted by Crippen LogP contribution is 2.34. The van der Waals surface area contributed by atoms with Crippen LogP contribution in [0.15, 0.2) is 12.1 Å². The van der Waals surface area contributed by atoms with Gasteiger partial charge >= 0.3 is 0 Å². The van der Waals surface area contributed by atoms with Crippen LogP contribution in [0.4, 0.5) is 0 Å². The number of hydrogen-bond donors (Lipinski definition) is 1. The van der Waals surface area contributed by atoms with Crippen LogP contribution in [0.1, 0.15) is 29.5 Å². The number of ether oxygens (including phenoxy) is 1. The van der Waals surface area contributed by atoms with Gasteiger partial charge in [-0.2, -0.15) is 0 Å². The summed E-state index contributed by atoms with van der Waals surface area (Å²) in [6.45, 7) is 3.21. The minimum absolute atomic E-state index is 0.456. The largest absolute Gasteiger partial charge is 0.497 e. The summed E-state index contributed by atoms with van der Waals surface area (Å²) in [5, 5.41) is 4.72. The van der Waals surface area contributed by atoms with Crippen molar-refractivity contribution in [2.45, 2.75) is 25.8 Å². The zero-order valence-corrected chi connectivity index (χ0v) is 10.9. The molecular weight excluding hydrogens is 232 g/mol. The van der Waals surface area contributed by atoms with E-state index in [9.17, 15) is 0 Å². The van der Waals surface area contributed by atoms with Gasteiger partial charge in [0.2, 0.25) is 0 Å². The van der Waals surface area contributed by atoms with Gasteiger partial charge in [0.25, 0.3) is 0 Å². The molecule has 1 fully saturated rings. The van der Waals surface area contributed by atoms with E-state index in [1.807, 2.05) is 6.07 Å². The molecule has 2 heterocycles. The van der Waals surface area contributed by atoms with Gasteiger partial charge in [-0.15, -0.1) is 11.3 Å². The van der Waals surface area contributed by atoms with Crippen molar-refractivity contribution in [3.63, 3.8) is 0 Å². The first kappa shape index (κ1) is 11.0. The van der Waals surface area contributed by atoms with Gasteiger partial charge in [0.15, 0.2) is 0 Å². The molecule has 3 nitrogen and oxygen atoms in total. The predicted octanol–water partition coefficient (Wildman–Crippen LogP) is 3.04.